The van der Waals surface area contributed by atoms with Crippen LogP contribution in [0.25, 0.3) is 0 Å². The maximum Gasteiger partial charge on any atom is 0.191 e. The van der Waals surface area contributed by atoms with Crippen molar-refractivity contribution in [2.24, 2.45) is 4.99 Å². The normalized spacial score (nSPS) is 20.9. The predicted molar refractivity (Wildman–Crippen MR) is 102 cm³/mol. The van der Waals surface area contributed by atoms with E-state index < -0.39 is 5.60 Å². The molecule has 1 heterocycles. The minimum atomic E-state index is -0.642. The van der Waals surface area contributed by atoms with Gasteiger partial charge >= 0.3 is 0 Å². The minimum absolute atomic E-state index is 0.452. The van der Waals surface area contributed by atoms with Crippen molar-refractivity contribution in [1.82, 2.24) is 10.6 Å². The molecular weight excluding hydrogens is 322 g/mol. The Hall–Kier alpha value is -1.40. The van der Waals surface area contributed by atoms with Crippen LogP contribution in [0.2, 0.25) is 0 Å². The third kappa shape index (κ3) is 5.60. The lowest BCUT2D eigenvalue weighted by Crippen LogP contribution is -2.40. The van der Waals surface area contributed by atoms with E-state index in [0.717, 1.165) is 54.7 Å². The first-order chi connectivity index (χ1) is 11.6. The number of hydrogen-bond donors (Lipinski definition) is 3. The molecule has 3 N–H and O–H groups in total. The van der Waals surface area contributed by atoms with Crippen LogP contribution in [0, 0.1) is 6.92 Å². The van der Waals surface area contributed by atoms with Crippen LogP contribution in [0.5, 0.6) is 5.75 Å². The molecule has 1 fully saturated rings. The molecule has 0 bridgehead atoms. The van der Waals surface area contributed by atoms with Crippen LogP contribution < -0.4 is 15.4 Å². The van der Waals surface area contributed by atoms with Crippen LogP contribution in [0.1, 0.15) is 24.5 Å². The fourth-order valence-electron chi connectivity index (χ4n) is 2.63. The van der Waals surface area contributed by atoms with E-state index in [-0.39, 0.29) is 0 Å². The van der Waals surface area contributed by atoms with Gasteiger partial charge in [0, 0.05) is 18.8 Å². The number of rotatable bonds is 7. The number of hydrogen-bond acceptors (Lipinski definition) is 4. The van der Waals surface area contributed by atoms with E-state index in [4.69, 9.17) is 4.74 Å². The average molecular weight is 352 g/mol. The quantitative estimate of drug-likeness (QED) is 0.518. The smallest absolute Gasteiger partial charge is 0.191 e. The first kappa shape index (κ1) is 18.9. The second-order valence-corrected chi connectivity index (χ2v) is 7.31. The Morgan fingerprint density at radius 3 is 2.92 bits per heavy atom. The molecule has 0 saturated carbocycles. The van der Waals surface area contributed by atoms with Gasteiger partial charge in [0.15, 0.2) is 5.96 Å². The van der Waals surface area contributed by atoms with Crippen LogP contribution in [0.15, 0.2) is 23.2 Å². The van der Waals surface area contributed by atoms with Crippen molar-refractivity contribution < 1.29 is 9.84 Å². The summed E-state index contributed by atoms with van der Waals surface area (Å²) in [4.78, 5) is 4.55. The summed E-state index contributed by atoms with van der Waals surface area (Å²) in [6.07, 6.45) is 1.71. The van der Waals surface area contributed by atoms with Crippen molar-refractivity contribution >= 4 is 17.7 Å². The highest BCUT2D eigenvalue weighted by atomic mass is 32.2. The summed E-state index contributed by atoms with van der Waals surface area (Å²) in [6, 6.07) is 6.29. The number of aryl methyl sites for hydroxylation is 1. The van der Waals surface area contributed by atoms with Crippen LogP contribution in [-0.2, 0) is 6.42 Å². The zero-order valence-corrected chi connectivity index (χ0v) is 15.7. The summed E-state index contributed by atoms with van der Waals surface area (Å²) in [5, 5.41) is 17.0. The molecule has 134 valence electrons. The first-order valence-corrected chi connectivity index (χ1v) is 9.67. The van der Waals surface area contributed by atoms with Gasteiger partial charge in [0.2, 0.25) is 0 Å². The molecule has 0 aromatic heterocycles. The highest BCUT2D eigenvalue weighted by Crippen LogP contribution is 2.27. The van der Waals surface area contributed by atoms with Gasteiger partial charge in [-0.2, -0.15) is 11.8 Å². The molecule has 1 atom stereocenters. The van der Waals surface area contributed by atoms with Crippen molar-refractivity contribution in [3.63, 3.8) is 0 Å². The molecule has 0 aliphatic carbocycles. The largest absolute Gasteiger partial charge is 0.496 e. The van der Waals surface area contributed by atoms with Crippen molar-refractivity contribution in [3.8, 4) is 5.75 Å². The molecule has 2 rings (SSSR count). The fraction of sp³-hybridized carbons (Fsp3) is 0.611. The minimum Gasteiger partial charge on any atom is -0.496 e. The molecule has 24 heavy (non-hydrogen) atoms. The first-order valence-electron chi connectivity index (χ1n) is 8.52. The monoisotopic (exact) mass is 351 g/mol. The fourth-order valence-corrected chi connectivity index (χ4v) is 3.92. The molecule has 5 nitrogen and oxygen atoms in total. The van der Waals surface area contributed by atoms with Crippen LogP contribution in [0.4, 0.5) is 0 Å². The Labute approximate surface area is 149 Å². The van der Waals surface area contributed by atoms with E-state index in [0.29, 0.717) is 6.54 Å². The number of aliphatic hydroxyl groups is 1. The number of methoxy groups -OCH3 is 1. The maximum atomic E-state index is 10.4. The molecule has 1 unspecified atom stereocenters. The second-order valence-electron chi connectivity index (χ2n) is 6.20. The third-order valence-electron chi connectivity index (χ3n) is 4.14. The molecule has 1 aromatic carbocycles. The molecule has 1 saturated heterocycles. The van der Waals surface area contributed by atoms with Crippen molar-refractivity contribution in [1.29, 1.82) is 0 Å². The zero-order valence-electron chi connectivity index (χ0n) is 14.9. The number of ether oxygens (including phenoxy) is 1. The molecule has 0 spiro atoms. The van der Waals surface area contributed by atoms with Gasteiger partial charge in [0.05, 0.1) is 19.3 Å². The number of benzene rings is 1. The standard InChI is InChI=1S/C18H29N3O2S/c1-4-19-17(21-12-18(22)8-10-24-13-18)20-9-7-15-6-5-14(2)16(11-15)23-3/h5-6,11,22H,4,7-10,12-13H2,1-3H3,(H2,19,20,21). The molecule has 0 amide bonds. The lowest BCUT2D eigenvalue weighted by molar-refractivity contribution is 0.0778. The zero-order chi connectivity index (χ0) is 17.4. The number of nitrogens with one attached hydrogen (secondary N) is 2. The Bertz CT molecular complexity index is 557. The Morgan fingerprint density at radius 2 is 2.25 bits per heavy atom. The van der Waals surface area contributed by atoms with Crippen LogP contribution in [-0.4, -0.2) is 54.9 Å². The van der Waals surface area contributed by atoms with E-state index in [2.05, 4.69) is 33.8 Å². The van der Waals surface area contributed by atoms with E-state index in [1.807, 2.05) is 13.8 Å². The van der Waals surface area contributed by atoms with E-state index in [1.165, 1.54) is 5.56 Å². The van der Waals surface area contributed by atoms with Gasteiger partial charge in [0.25, 0.3) is 0 Å². The number of thioether (sulfide) groups is 1. The molecule has 1 aliphatic rings. The van der Waals surface area contributed by atoms with E-state index in [1.54, 1.807) is 18.9 Å². The SMILES string of the molecule is CCNC(=NCC1(O)CCSC1)NCCc1ccc(C)c(OC)c1. The third-order valence-corrected chi connectivity index (χ3v) is 5.37. The topological polar surface area (TPSA) is 65.9 Å². The number of nitrogens with zero attached hydrogens (tertiary/aromatic N) is 1. The maximum absolute atomic E-state index is 10.4. The summed E-state index contributed by atoms with van der Waals surface area (Å²) in [5.41, 5.74) is 1.73. The van der Waals surface area contributed by atoms with Crippen molar-refractivity contribution in [2.45, 2.75) is 32.3 Å². The number of aliphatic imine (C=N–C) groups is 1. The molecule has 1 aliphatic heterocycles. The summed E-state index contributed by atoms with van der Waals surface area (Å²) in [6.45, 7) is 6.13. The Balaban J connectivity index is 1.86. The van der Waals surface area contributed by atoms with Gasteiger partial charge in [-0.1, -0.05) is 12.1 Å². The van der Waals surface area contributed by atoms with E-state index in [9.17, 15) is 5.11 Å². The van der Waals surface area contributed by atoms with E-state index >= 15 is 0 Å². The molecular formula is C18H29N3O2S. The molecule has 1 aromatic rings. The molecule has 0 radical (unpaired) electrons. The van der Waals surface area contributed by atoms with Crippen LogP contribution in [0.3, 0.4) is 0 Å². The Kier molecular flexibility index (Phi) is 7.24. The lowest BCUT2D eigenvalue weighted by atomic mass is 10.1. The predicted octanol–water partition coefficient (Wildman–Crippen LogP) is 1.97. The van der Waals surface area contributed by atoms with Gasteiger partial charge in [-0.05, 0) is 49.6 Å². The van der Waals surface area contributed by atoms with Gasteiger partial charge in [-0.25, -0.2) is 0 Å². The second kappa shape index (κ2) is 9.18. The van der Waals surface area contributed by atoms with Crippen molar-refractivity contribution in [3.05, 3.63) is 29.3 Å². The van der Waals surface area contributed by atoms with Gasteiger partial charge in [-0.3, -0.25) is 4.99 Å². The Morgan fingerprint density at radius 1 is 1.42 bits per heavy atom. The highest BCUT2D eigenvalue weighted by Gasteiger charge is 2.31. The average Bonchev–Trinajstić information content (AvgIpc) is 3.01. The number of guanidine groups is 1. The lowest BCUT2D eigenvalue weighted by Gasteiger charge is -2.19. The van der Waals surface area contributed by atoms with Crippen molar-refractivity contribution in [2.75, 3.05) is 38.2 Å². The molecule has 6 heteroatoms. The summed E-state index contributed by atoms with van der Waals surface area (Å²) in [5.74, 6) is 3.49. The van der Waals surface area contributed by atoms with Crippen LogP contribution >= 0.6 is 11.8 Å². The van der Waals surface area contributed by atoms with Gasteiger partial charge in [0.1, 0.15) is 5.75 Å². The summed E-state index contributed by atoms with van der Waals surface area (Å²) < 4.78 is 5.37. The highest BCUT2D eigenvalue weighted by molar-refractivity contribution is 7.99. The summed E-state index contributed by atoms with van der Waals surface area (Å²) in [7, 11) is 1.70. The summed E-state index contributed by atoms with van der Waals surface area (Å²) >= 11 is 1.79. The van der Waals surface area contributed by atoms with Gasteiger partial charge in [-0.15, -0.1) is 0 Å². The van der Waals surface area contributed by atoms with Gasteiger partial charge < -0.3 is 20.5 Å².